The molecular formula is C18H24N2O5S. The lowest BCUT2D eigenvalue weighted by Gasteiger charge is -2.18. The number of ether oxygens (including phenoxy) is 2. The van der Waals surface area contributed by atoms with Gasteiger partial charge < -0.3 is 19.7 Å². The Balaban J connectivity index is 1.92. The zero-order valence-corrected chi connectivity index (χ0v) is 16.0. The van der Waals surface area contributed by atoms with Crippen LogP contribution in [-0.4, -0.2) is 56.9 Å². The van der Waals surface area contributed by atoms with Gasteiger partial charge in [0.25, 0.3) is 5.91 Å². The Morgan fingerprint density at radius 3 is 2.88 bits per heavy atom. The quantitative estimate of drug-likeness (QED) is 0.417. The number of rotatable bonds is 8. The molecule has 1 N–H and O–H groups in total. The molecule has 1 saturated heterocycles. The van der Waals surface area contributed by atoms with Gasteiger partial charge in [-0.25, -0.2) is 0 Å². The Bertz CT molecular complexity index is 667. The topological polar surface area (TPSA) is 84.9 Å². The zero-order valence-electron chi connectivity index (χ0n) is 15.2. The number of thioether (sulfide) groups is 1. The third-order valence-electron chi connectivity index (χ3n) is 4.09. The molecule has 1 heterocycles. The third-order valence-corrected chi connectivity index (χ3v) is 4.82. The first-order chi connectivity index (χ1) is 12.5. The first kappa shape index (κ1) is 20.3. The van der Waals surface area contributed by atoms with E-state index in [0.29, 0.717) is 13.2 Å². The van der Waals surface area contributed by atoms with Crippen molar-refractivity contribution in [2.24, 2.45) is 5.92 Å². The standard InChI is InChI=1S/C18H24N2O5S/c1-12(17(22)19-7-8-24-2)25-18(23)13-9-16(21)20(11-13)14-5-4-6-15(10-14)26-3/h4-6,10,12-13H,7-9,11H2,1-3H3,(H,19,22)/t12-,13+/m0/s1. The molecule has 142 valence electrons. The van der Waals surface area contributed by atoms with Crippen LogP contribution in [0.2, 0.25) is 0 Å². The molecule has 0 aliphatic carbocycles. The summed E-state index contributed by atoms with van der Waals surface area (Å²) in [6.45, 7) is 2.50. The molecule has 2 amide bonds. The lowest BCUT2D eigenvalue weighted by molar-refractivity contribution is -0.158. The van der Waals surface area contributed by atoms with E-state index >= 15 is 0 Å². The van der Waals surface area contributed by atoms with E-state index in [-0.39, 0.29) is 24.8 Å². The number of amides is 2. The largest absolute Gasteiger partial charge is 0.452 e. The summed E-state index contributed by atoms with van der Waals surface area (Å²) < 4.78 is 10.1. The number of nitrogens with one attached hydrogen (secondary N) is 1. The zero-order chi connectivity index (χ0) is 19.1. The first-order valence-corrected chi connectivity index (χ1v) is 9.60. The van der Waals surface area contributed by atoms with Crippen molar-refractivity contribution in [3.05, 3.63) is 24.3 Å². The highest BCUT2D eigenvalue weighted by molar-refractivity contribution is 7.98. The van der Waals surface area contributed by atoms with Crippen molar-refractivity contribution in [2.75, 3.05) is 38.0 Å². The number of carbonyl (C=O) groups excluding carboxylic acids is 3. The Kier molecular flexibility index (Phi) is 7.47. The fraction of sp³-hybridized carbons (Fsp3) is 0.500. The van der Waals surface area contributed by atoms with E-state index in [1.165, 1.54) is 14.0 Å². The minimum absolute atomic E-state index is 0.0837. The molecule has 0 radical (unpaired) electrons. The predicted octanol–water partition coefficient (Wildman–Crippen LogP) is 1.46. The molecule has 1 aromatic rings. The van der Waals surface area contributed by atoms with Gasteiger partial charge in [0, 0.05) is 37.2 Å². The molecule has 7 nitrogen and oxygen atoms in total. The fourth-order valence-corrected chi connectivity index (χ4v) is 3.09. The van der Waals surface area contributed by atoms with Gasteiger partial charge in [-0.05, 0) is 31.4 Å². The molecule has 0 spiro atoms. The normalized spacial score (nSPS) is 17.9. The number of benzene rings is 1. The summed E-state index contributed by atoms with van der Waals surface area (Å²) in [7, 11) is 1.54. The van der Waals surface area contributed by atoms with Crippen molar-refractivity contribution < 1.29 is 23.9 Å². The van der Waals surface area contributed by atoms with Gasteiger partial charge in [0.2, 0.25) is 5.91 Å². The number of nitrogens with zero attached hydrogens (tertiary/aromatic N) is 1. The maximum Gasteiger partial charge on any atom is 0.312 e. The van der Waals surface area contributed by atoms with E-state index in [4.69, 9.17) is 9.47 Å². The summed E-state index contributed by atoms with van der Waals surface area (Å²) in [4.78, 5) is 39.1. The Hall–Kier alpha value is -2.06. The number of esters is 1. The van der Waals surface area contributed by atoms with Crippen LogP contribution < -0.4 is 10.2 Å². The molecule has 0 bridgehead atoms. The van der Waals surface area contributed by atoms with Crippen LogP contribution in [-0.2, 0) is 23.9 Å². The number of carbonyl (C=O) groups is 3. The average Bonchev–Trinajstić information content (AvgIpc) is 3.03. The average molecular weight is 380 g/mol. The van der Waals surface area contributed by atoms with E-state index < -0.39 is 18.0 Å². The highest BCUT2D eigenvalue weighted by Gasteiger charge is 2.37. The molecule has 1 aliphatic rings. The highest BCUT2D eigenvalue weighted by Crippen LogP contribution is 2.28. The second-order valence-corrected chi connectivity index (χ2v) is 6.85. The first-order valence-electron chi connectivity index (χ1n) is 8.37. The van der Waals surface area contributed by atoms with E-state index in [1.54, 1.807) is 16.7 Å². The van der Waals surface area contributed by atoms with Gasteiger partial charge in [-0.15, -0.1) is 11.8 Å². The van der Waals surface area contributed by atoms with Crippen molar-refractivity contribution in [3.8, 4) is 0 Å². The van der Waals surface area contributed by atoms with Crippen molar-refractivity contribution in [3.63, 3.8) is 0 Å². The van der Waals surface area contributed by atoms with Gasteiger partial charge in [-0.2, -0.15) is 0 Å². The summed E-state index contributed by atoms with van der Waals surface area (Å²) in [6, 6.07) is 7.61. The highest BCUT2D eigenvalue weighted by atomic mass is 32.2. The minimum Gasteiger partial charge on any atom is -0.452 e. The van der Waals surface area contributed by atoms with Crippen molar-refractivity contribution in [1.29, 1.82) is 0 Å². The van der Waals surface area contributed by atoms with Crippen LogP contribution in [0.3, 0.4) is 0 Å². The number of hydrogen-bond acceptors (Lipinski definition) is 6. The molecule has 26 heavy (non-hydrogen) atoms. The smallest absolute Gasteiger partial charge is 0.312 e. The molecule has 2 atom stereocenters. The van der Waals surface area contributed by atoms with Gasteiger partial charge in [0.05, 0.1) is 12.5 Å². The predicted molar refractivity (Wildman–Crippen MR) is 99.1 cm³/mol. The van der Waals surface area contributed by atoms with Gasteiger partial charge in [-0.1, -0.05) is 6.07 Å². The van der Waals surface area contributed by atoms with Crippen molar-refractivity contribution >= 4 is 35.2 Å². The fourth-order valence-electron chi connectivity index (χ4n) is 2.64. The third kappa shape index (κ3) is 5.22. The maximum atomic E-state index is 12.3. The van der Waals surface area contributed by atoms with Crippen molar-refractivity contribution in [2.45, 2.75) is 24.3 Å². The Morgan fingerprint density at radius 1 is 1.42 bits per heavy atom. The molecule has 2 rings (SSSR count). The summed E-state index contributed by atoms with van der Waals surface area (Å²) >= 11 is 1.59. The van der Waals surface area contributed by atoms with Gasteiger partial charge >= 0.3 is 5.97 Å². The monoisotopic (exact) mass is 380 g/mol. The SMILES string of the molecule is COCCNC(=O)[C@H](C)OC(=O)[C@@H]1CC(=O)N(c2cccc(SC)c2)C1. The van der Waals surface area contributed by atoms with Crippen LogP contribution in [0.4, 0.5) is 5.69 Å². The summed E-state index contributed by atoms with van der Waals surface area (Å²) in [5, 5.41) is 2.61. The number of methoxy groups -OCH3 is 1. The van der Waals surface area contributed by atoms with Gasteiger partial charge in [-0.3, -0.25) is 14.4 Å². The van der Waals surface area contributed by atoms with Crippen LogP contribution in [0.5, 0.6) is 0 Å². The molecule has 1 aliphatic heterocycles. The van der Waals surface area contributed by atoms with Gasteiger partial charge in [0.1, 0.15) is 0 Å². The summed E-state index contributed by atoms with van der Waals surface area (Å²) in [5.74, 6) is -1.61. The van der Waals surface area contributed by atoms with E-state index in [0.717, 1.165) is 10.6 Å². The second-order valence-electron chi connectivity index (χ2n) is 5.97. The molecule has 0 saturated carbocycles. The van der Waals surface area contributed by atoms with Crippen LogP contribution in [0.15, 0.2) is 29.2 Å². The lowest BCUT2D eigenvalue weighted by atomic mass is 10.1. The summed E-state index contributed by atoms with van der Waals surface area (Å²) in [6.07, 6.45) is 1.13. The van der Waals surface area contributed by atoms with E-state index in [1.807, 2.05) is 30.5 Å². The van der Waals surface area contributed by atoms with E-state index in [2.05, 4.69) is 5.32 Å². The molecular weight excluding hydrogens is 356 g/mol. The minimum atomic E-state index is -0.914. The molecule has 1 aromatic carbocycles. The van der Waals surface area contributed by atoms with Crippen LogP contribution in [0.25, 0.3) is 0 Å². The van der Waals surface area contributed by atoms with Crippen molar-refractivity contribution in [1.82, 2.24) is 5.32 Å². The lowest BCUT2D eigenvalue weighted by Crippen LogP contribution is -2.38. The Labute approximate surface area is 157 Å². The number of hydrogen-bond donors (Lipinski definition) is 1. The molecule has 0 aromatic heterocycles. The Morgan fingerprint density at radius 2 is 2.19 bits per heavy atom. The summed E-state index contributed by atoms with van der Waals surface area (Å²) in [5.41, 5.74) is 0.766. The maximum absolute atomic E-state index is 12.3. The van der Waals surface area contributed by atoms with Crippen LogP contribution in [0, 0.1) is 5.92 Å². The van der Waals surface area contributed by atoms with Gasteiger partial charge in [0.15, 0.2) is 6.10 Å². The molecule has 8 heteroatoms. The van der Waals surface area contributed by atoms with Crippen LogP contribution >= 0.6 is 11.8 Å². The number of anilines is 1. The second kappa shape index (κ2) is 9.59. The van der Waals surface area contributed by atoms with E-state index in [9.17, 15) is 14.4 Å². The van der Waals surface area contributed by atoms with Crippen LogP contribution in [0.1, 0.15) is 13.3 Å². The molecule has 0 unspecified atom stereocenters. The molecule has 1 fully saturated rings.